The van der Waals surface area contributed by atoms with Crippen LogP contribution >= 0.6 is 0 Å². The SMILES string of the molecule is Cc1nc(C)c(CNC(=O)C2CCN(CC(F)(F)F)CC2)o1. The summed E-state index contributed by atoms with van der Waals surface area (Å²) in [4.78, 5) is 17.5. The van der Waals surface area contributed by atoms with Crippen molar-refractivity contribution in [2.75, 3.05) is 19.6 Å². The van der Waals surface area contributed by atoms with E-state index in [-0.39, 0.29) is 31.5 Å². The molecule has 1 saturated heterocycles. The Morgan fingerprint density at radius 2 is 2.00 bits per heavy atom. The molecule has 5 nitrogen and oxygen atoms in total. The van der Waals surface area contributed by atoms with Gasteiger partial charge in [0.15, 0.2) is 5.89 Å². The van der Waals surface area contributed by atoms with Crippen LogP contribution in [0.15, 0.2) is 4.42 Å². The van der Waals surface area contributed by atoms with Crippen molar-refractivity contribution in [2.45, 2.75) is 39.4 Å². The van der Waals surface area contributed by atoms with Crippen molar-refractivity contribution in [3.05, 3.63) is 17.3 Å². The fourth-order valence-electron chi connectivity index (χ4n) is 2.66. The molecule has 1 amide bonds. The molecule has 0 radical (unpaired) electrons. The van der Waals surface area contributed by atoms with Crippen LogP contribution in [-0.4, -0.2) is 41.6 Å². The average molecular weight is 319 g/mol. The van der Waals surface area contributed by atoms with Gasteiger partial charge in [-0.15, -0.1) is 0 Å². The Morgan fingerprint density at radius 3 is 2.50 bits per heavy atom. The molecule has 0 unspecified atom stereocenters. The Kier molecular flexibility index (Phi) is 5.10. The number of alkyl halides is 3. The van der Waals surface area contributed by atoms with Crippen LogP contribution in [0.4, 0.5) is 13.2 Å². The highest BCUT2D eigenvalue weighted by Gasteiger charge is 2.33. The molecule has 1 aliphatic heterocycles. The van der Waals surface area contributed by atoms with Gasteiger partial charge in [0.1, 0.15) is 5.76 Å². The third-order valence-electron chi connectivity index (χ3n) is 3.78. The number of piperidine rings is 1. The van der Waals surface area contributed by atoms with E-state index in [9.17, 15) is 18.0 Å². The third-order valence-corrected chi connectivity index (χ3v) is 3.78. The number of aromatic nitrogens is 1. The second-order valence-electron chi connectivity index (χ2n) is 5.62. The second kappa shape index (κ2) is 6.68. The van der Waals surface area contributed by atoms with E-state index in [0.29, 0.717) is 24.5 Å². The number of rotatable bonds is 4. The lowest BCUT2D eigenvalue weighted by Crippen LogP contribution is -2.43. The van der Waals surface area contributed by atoms with Gasteiger partial charge < -0.3 is 9.73 Å². The summed E-state index contributed by atoms with van der Waals surface area (Å²) in [5.41, 5.74) is 0.734. The number of aryl methyl sites for hydroxylation is 2. The van der Waals surface area contributed by atoms with E-state index in [1.807, 2.05) is 0 Å². The van der Waals surface area contributed by atoms with E-state index < -0.39 is 12.7 Å². The van der Waals surface area contributed by atoms with Crippen LogP contribution in [-0.2, 0) is 11.3 Å². The average Bonchev–Trinajstić information content (AvgIpc) is 2.73. The predicted molar refractivity (Wildman–Crippen MR) is 73.0 cm³/mol. The molecule has 1 aliphatic rings. The molecule has 124 valence electrons. The summed E-state index contributed by atoms with van der Waals surface area (Å²) < 4.78 is 42.3. The van der Waals surface area contributed by atoms with Gasteiger partial charge in [0.25, 0.3) is 0 Å². The van der Waals surface area contributed by atoms with Crippen molar-refractivity contribution in [2.24, 2.45) is 5.92 Å². The van der Waals surface area contributed by atoms with Crippen LogP contribution in [0.3, 0.4) is 0 Å². The van der Waals surface area contributed by atoms with Gasteiger partial charge in [-0.05, 0) is 32.9 Å². The van der Waals surface area contributed by atoms with Gasteiger partial charge in [-0.2, -0.15) is 13.2 Å². The molecule has 0 bridgehead atoms. The number of carbonyl (C=O) groups excluding carboxylic acids is 1. The number of amides is 1. The predicted octanol–water partition coefficient (Wildman–Crippen LogP) is 2.18. The minimum Gasteiger partial charge on any atom is -0.444 e. The van der Waals surface area contributed by atoms with E-state index in [2.05, 4.69) is 10.3 Å². The van der Waals surface area contributed by atoms with Gasteiger partial charge >= 0.3 is 6.18 Å². The van der Waals surface area contributed by atoms with E-state index in [1.54, 1.807) is 13.8 Å². The molecule has 8 heteroatoms. The number of nitrogens with zero attached hydrogens (tertiary/aromatic N) is 2. The van der Waals surface area contributed by atoms with E-state index in [4.69, 9.17) is 4.42 Å². The first-order valence-electron chi connectivity index (χ1n) is 7.24. The largest absolute Gasteiger partial charge is 0.444 e. The number of likely N-dealkylation sites (tertiary alicyclic amines) is 1. The molecule has 0 aromatic carbocycles. The first kappa shape index (κ1) is 16.8. The van der Waals surface area contributed by atoms with E-state index in [1.165, 1.54) is 4.90 Å². The fraction of sp³-hybridized carbons (Fsp3) is 0.714. The molecular weight excluding hydrogens is 299 g/mol. The minimum absolute atomic E-state index is 0.139. The topological polar surface area (TPSA) is 58.4 Å². The zero-order valence-electron chi connectivity index (χ0n) is 12.7. The van der Waals surface area contributed by atoms with Gasteiger partial charge in [-0.25, -0.2) is 4.98 Å². The number of hydrogen-bond acceptors (Lipinski definition) is 4. The zero-order chi connectivity index (χ0) is 16.3. The highest BCUT2D eigenvalue weighted by Crippen LogP contribution is 2.22. The van der Waals surface area contributed by atoms with Crippen molar-refractivity contribution < 1.29 is 22.4 Å². The molecule has 22 heavy (non-hydrogen) atoms. The summed E-state index contributed by atoms with van der Waals surface area (Å²) in [7, 11) is 0. The normalized spacial score (nSPS) is 17.7. The molecule has 1 aromatic rings. The molecule has 0 aliphatic carbocycles. The van der Waals surface area contributed by atoms with Crippen LogP contribution in [0.2, 0.25) is 0 Å². The molecular formula is C14H20F3N3O2. The Morgan fingerprint density at radius 1 is 1.36 bits per heavy atom. The number of oxazole rings is 1. The van der Waals surface area contributed by atoms with Crippen molar-refractivity contribution in [3.8, 4) is 0 Å². The third kappa shape index (κ3) is 4.72. The number of nitrogens with one attached hydrogen (secondary N) is 1. The molecule has 1 aromatic heterocycles. The summed E-state index contributed by atoms with van der Waals surface area (Å²) >= 11 is 0. The summed E-state index contributed by atoms with van der Waals surface area (Å²) in [5.74, 6) is 0.775. The monoisotopic (exact) mass is 319 g/mol. The van der Waals surface area contributed by atoms with Gasteiger partial charge in [0.2, 0.25) is 5.91 Å². The maximum Gasteiger partial charge on any atom is 0.401 e. The van der Waals surface area contributed by atoms with Gasteiger partial charge in [0.05, 0.1) is 18.8 Å². The van der Waals surface area contributed by atoms with Crippen LogP contribution in [0.25, 0.3) is 0 Å². The first-order chi connectivity index (χ1) is 10.2. The fourth-order valence-corrected chi connectivity index (χ4v) is 2.66. The maximum absolute atomic E-state index is 12.3. The summed E-state index contributed by atoms with van der Waals surface area (Å²) in [5, 5.41) is 2.77. The Hall–Kier alpha value is -1.57. The Balaban J connectivity index is 1.77. The van der Waals surface area contributed by atoms with Gasteiger partial charge in [-0.1, -0.05) is 0 Å². The molecule has 0 spiro atoms. The Labute approximate surface area is 126 Å². The number of carbonyl (C=O) groups is 1. The maximum atomic E-state index is 12.3. The molecule has 2 heterocycles. The lowest BCUT2D eigenvalue weighted by molar-refractivity contribution is -0.149. The van der Waals surface area contributed by atoms with Gasteiger partial charge in [0, 0.05) is 12.8 Å². The molecule has 1 N–H and O–H groups in total. The highest BCUT2D eigenvalue weighted by molar-refractivity contribution is 5.78. The van der Waals surface area contributed by atoms with Gasteiger partial charge in [-0.3, -0.25) is 9.69 Å². The van der Waals surface area contributed by atoms with Crippen molar-refractivity contribution in [1.82, 2.24) is 15.2 Å². The van der Waals surface area contributed by atoms with Crippen LogP contribution < -0.4 is 5.32 Å². The first-order valence-corrected chi connectivity index (χ1v) is 7.24. The van der Waals surface area contributed by atoms with E-state index in [0.717, 1.165) is 5.69 Å². The van der Waals surface area contributed by atoms with Crippen LogP contribution in [0.1, 0.15) is 30.2 Å². The molecule has 0 atom stereocenters. The van der Waals surface area contributed by atoms with Crippen molar-refractivity contribution in [3.63, 3.8) is 0 Å². The summed E-state index contributed by atoms with van der Waals surface area (Å²) in [6, 6.07) is 0. The highest BCUT2D eigenvalue weighted by atomic mass is 19.4. The second-order valence-corrected chi connectivity index (χ2v) is 5.62. The van der Waals surface area contributed by atoms with Crippen LogP contribution in [0.5, 0.6) is 0 Å². The Bertz CT molecular complexity index is 520. The molecule has 2 rings (SSSR count). The van der Waals surface area contributed by atoms with Crippen molar-refractivity contribution >= 4 is 5.91 Å². The summed E-state index contributed by atoms with van der Waals surface area (Å²) in [6.07, 6.45) is -3.30. The lowest BCUT2D eigenvalue weighted by Gasteiger charge is -2.31. The smallest absolute Gasteiger partial charge is 0.401 e. The number of halogens is 3. The minimum atomic E-state index is -4.18. The van der Waals surface area contributed by atoms with E-state index >= 15 is 0 Å². The number of hydrogen-bond donors (Lipinski definition) is 1. The lowest BCUT2D eigenvalue weighted by atomic mass is 9.96. The van der Waals surface area contributed by atoms with Crippen molar-refractivity contribution in [1.29, 1.82) is 0 Å². The van der Waals surface area contributed by atoms with Crippen LogP contribution in [0, 0.1) is 19.8 Å². The molecule has 1 fully saturated rings. The standard InChI is InChI=1S/C14H20F3N3O2/c1-9-12(22-10(2)19-9)7-18-13(21)11-3-5-20(6-4-11)8-14(15,16)17/h11H,3-8H2,1-2H3,(H,18,21). The molecule has 0 saturated carbocycles. The zero-order valence-corrected chi connectivity index (χ0v) is 12.7. The quantitative estimate of drug-likeness (QED) is 0.924. The summed E-state index contributed by atoms with van der Waals surface area (Å²) in [6.45, 7) is 3.46.